The topological polar surface area (TPSA) is 0 Å². The molecule has 0 aromatic carbocycles. The monoisotopic (exact) mass is 523 g/mol. The average Bonchev–Trinajstić information content (AvgIpc) is 3.19. The van der Waals surface area contributed by atoms with E-state index >= 15 is 0 Å². The molecule has 0 spiro atoms. The van der Waals surface area contributed by atoms with Crippen molar-refractivity contribution in [2.75, 3.05) is 0 Å². The summed E-state index contributed by atoms with van der Waals surface area (Å²) in [7, 11) is 0. The molecular formula is C38H66. The molecule has 0 aromatic heterocycles. The summed E-state index contributed by atoms with van der Waals surface area (Å²) in [6.45, 7) is 38.7. The Balaban J connectivity index is 0.000000774. The molecule has 2 saturated carbocycles. The first-order valence-corrected chi connectivity index (χ1v) is 15.6. The van der Waals surface area contributed by atoms with Crippen LogP contribution in [0.3, 0.4) is 0 Å². The van der Waals surface area contributed by atoms with Crippen molar-refractivity contribution >= 4 is 0 Å². The van der Waals surface area contributed by atoms with E-state index in [1.54, 1.807) is 27.9 Å². The van der Waals surface area contributed by atoms with Crippen molar-refractivity contribution in [2.24, 2.45) is 70.0 Å². The van der Waals surface area contributed by atoms with Crippen molar-refractivity contribution in [1.29, 1.82) is 0 Å². The van der Waals surface area contributed by atoms with Crippen LogP contribution in [-0.2, 0) is 0 Å². The Bertz CT molecular complexity index is 966. The van der Waals surface area contributed by atoms with Crippen molar-refractivity contribution in [3.63, 3.8) is 0 Å². The lowest BCUT2D eigenvalue weighted by atomic mass is 9.55. The predicted octanol–water partition coefficient (Wildman–Crippen LogP) is 12.0. The Morgan fingerprint density at radius 3 is 1.42 bits per heavy atom. The van der Waals surface area contributed by atoms with Crippen LogP contribution >= 0.6 is 0 Å². The predicted molar refractivity (Wildman–Crippen MR) is 172 cm³/mol. The molecule has 2 fully saturated rings. The van der Waals surface area contributed by atoms with E-state index in [9.17, 15) is 0 Å². The van der Waals surface area contributed by atoms with Gasteiger partial charge in [0.2, 0.25) is 0 Å². The molecule has 0 nitrogen and oxygen atoms in total. The third-order valence-corrected chi connectivity index (χ3v) is 11.8. The van der Waals surface area contributed by atoms with Crippen molar-refractivity contribution in [2.45, 2.75) is 125 Å². The lowest BCUT2D eigenvalue weighted by Gasteiger charge is -2.49. The summed E-state index contributed by atoms with van der Waals surface area (Å²) in [6, 6.07) is 0. The summed E-state index contributed by atoms with van der Waals surface area (Å²) >= 11 is 0. The molecule has 0 aliphatic heterocycles. The molecule has 0 radical (unpaired) electrons. The van der Waals surface area contributed by atoms with Gasteiger partial charge in [0.25, 0.3) is 0 Å². The van der Waals surface area contributed by atoms with Gasteiger partial charge in [-0.3, -0.25) is 0 Å². The van der Waals surface area contributed by atoms with Crippen LogP contribution in [0.15, 0.2) is 45.6 Å². The highest BCUT2D eigenvalue weighted by Gasteiger charge is 2.61. The van der Waals surface area contributed by atoms with Gasteiger partial charge in [0.05, 0.1) is 0 Å². The van der Waals surface area contributed by atoms with Gasteiger partial charge in [0.15, 0.2) is 0 Å². The first-order valence-electron chi connectivity index (χ1n) is 15.6. The molecule has 0 N–H and O–H groups in total. The van der Waals surface area contributed by atoms with Gasteiger partial charge in [-0.2, -0.15) is 0 Å². The zero-order chi connectivity index (χ0) is 28.4. The van der Waals surface area contributed by atoms with Crippen LogP contribution in [0.4, 0.5) is 0 Å². The minimum Gasteiger partial charge on any atom is -0.0776 e. The van der Waals surface area contributed by atoms with Gasteiger partial charge in [-0.1, -0.05) is 118 Å². The molecule has 38 heavy (non-hydrogen) atoms. The fraction of sp³-hybridized carbons (Fsp3) is 0.789. The largest absolute Gasteiger partial charge is 0.0776 e. The fourth-order valence-electron chi connectivity index (χ4n) is 9.60. The van der Waals surface area contributed by atoms with Crippen LogP contribution in [0.1, 0.15) is 125 Å². The van der Waals surface area contributed by atoms with E-state index < -0.39 is 0 Å². The minimum absolute atomic E-state index is 0. The summed E-state index contributed by atoms with van der Waals surface area (Å²) < 4.78 is 0. The number of fused-ring (bicyclic) bond motifs is 3. The highest BCUT2D eigenvalue weighted by Crippen LogP contribution is 2.67. The van der Waals surface area contributed by atoms with Crippen molar-refractivity contribution in [1.82, 2.24) is 0 Å². The number of hydrogen-bond acceptors (Lipinski definition) is 0. The molecule has 0 saturated heterocycles. The average molecular weight is 523 g/mol. The molecule has 0 amide bonds. The molecular weight excluding hydrogens is 456 g/mol. The second kappa shape index (κ2) is 11.4. The number of allylic oxidation sites excluding steroid dienone is 8. The number of hydrogen-bond donors (Lipinski definition) is 0. The van der Waals surface area contributed by atoms with Gasteiger partial charge < -0.3 is 0 Å². The number of rotatable bonds is 3. The molecule has 9 unspecified atom stereocenters. The normalized spacial score (nSPS) is 39.1. The van der Waals surface area contributed by atoms with Crippen LogP contribution in [-0.4, -0.2) is 0 Å². The van der Waals surface area contributed by atoms with Gasteiger partial charge in [-0.15, -0.1) is 0 Å². The van der Waals surface area contributed by atoms with Crippen molar-refractivity contribution < 1.29 is 0 Å². The smallest absolute Gasteiger partial charge is 0.00890 e. The van der Waals surface area contributed by atoms with Gasteiger partial charge in [0, 0.05) is 0 Å². The molecule has 0 heterocycles. The molecule has 4 aliphatic rings. The molecule has 0 bridgehead atoms. The van der Waals surface area contributed by atoms with Crippen LogP contribution in [0.5, 0.6) is 0 Å². The lowest BCUT2D eigenvalue weighted by Crippen LogP contribution is -2.43. The van der Waals surface area contributed by atoms with Gasteiger partial charge >= 0.3 is 0 Å². The van der Waals surface area contributed by atoms with Gasteiger partial charge in [-0.25, -0.2) is 0 Å². The second-order valence-corrected chi connectivity index (χ2v) is 16.0. The summed E-state index contributed by atoms with van der Waals surface area (Å²) in [5.74, 6) is 7.48. The van der Waals surface area contributed by atoms with Gasteiger partial charge in [0.1, 0.15) is 0 Å². The van der Waals surface area contributed by atoms with Crippen LogP contribution in [0, 0.1) is 70.0 Å². The zero-order valence-electron chi connectivity index (χ0n) is 27.6. The summed E-state index contributed by atoms with van der Waals surface area (Å²) in [4.78, 5) is 0. The first-order chi connectivity index (χ1) is 16.9. The summed E-state index contributed by atoms with van der Waals surface area (Å²) in [6.07, 6.45) is 6.58. The summed E-state index contributed by atoms with van der Waals surface area (Å²) in [5, 5.41) is 0. The van der Waals surface area contributed by atoms with Gasteiger partial charge in [-0.05, 0) is 122 Å². The highest BCUT2D eigenvalue weighted by atomic mass is 14.6. The Labute approximate surface area is 239 Å². The second-order valence-electron chi connectivity index (χ2n) is 16.0. The lowest BCUT2D eigenvalue weighted by molar-refractivity contribution is 0.0207. The van der Waals surface area contributed by atoms with E-state index in [-0.39, 0.29) is 7.43 Å². The Morgan fingerprint density at radius 2 is 1.00 bits per heavy atom. The van der Waals surface area contributed by atoms with Crippen molar-refractivity contribution in [3.05, 3.63) is 45.6 Å². The molecule has 4 rings (SSSR count). The molecule has 4 aliphatic carbocycles. The Kier molecular flexibility index (Phi) is 9.99. The van der Waals surface area contributed by atoms with E-state index in [2.05, 4.69) is 123 Å². The minimum atomic E-state index is 0. The van der Waals surface area contributed by atoms with E-state index in [4.69, 9.17) is 0 Å². The Hall–Kier alpha value is -1.04. The van der Waals surface area contributed by atoms with E-state index in [0.29, 0.717) is 34.5 Å². The Morgan fingerprint density at radius 1 is 0.605 bits per heavy atom. The van der Waals surface area contributed by atoms with E-state index in [1.165, 1.54) is 12.0 Å². The van der Waals surface area contributed by atoms with Crippen LogP contribution in [0.2, 0.25) is 0 Å². The maximum absolute atomic E-state index is 2.69. The first kappa shape index (κ1) is 33.2. The maximum atomic E-state index is 2.69. The molecule has 218 valence electrons. The third kappa shape index (κ3) is 5.59. The fourth-order valence-corrected chi connectivity index (χ4v) is 9.60. The standard InChI is InChI=1S/C32H50.C5H12.CH4/c1-13-25-19(5)17(3)15-27-26-14-16(2)18(4)22(8)28(26)31(29(25)27)32(11,12)30-23(9)20(6)21(7)24(30)10;1-5(2,3)4;/h14-15,20-21,23-24,26-31H,13H2,1-12H3;1-4H3;1H4. The van der Waals surface area contributed by atoms with Crippen molar-refractivity contribution in [3.8, 4) is 0 Å². The van der Waals surface area contributed by atoms with E-state index in [1.807, 2.05) is 0 Å². The third-order valence-electron chi connectivity index (χ3n) is 11.8. The SMILES string of the molecule is C.CC(C)(C)C.CCC1=C(C)C(C)=CC2C3C=C(C)C(C)=C(C)C3C(C(C)(C)C3C(C)C(C)C(C)C3C)C12. The van der Waals surface area contributed by atoms with Crippen LogP contribution < -0.4 is 0 Å². The van der Waals surface area contributed by atoms with E-state index in [0.717, 1.165) is 35.5 Å². The molecule has 9 atom stereocenters. The zero-order valence-corrected chi connectivity index (χ0v) is 27.6. The summed E-state index contributed by atoms with van der Waals surface area (Å²) in [5.41, 5.74) is 10.5. The quantitative estimate of drug-likeness (QED) is 0.346. The highest BCUT2D eigenvalue weighted by molar-refractivity contribution is 5.47. The maximum Gasteiger partial charge on any atom is -0.00890 e. The molecule has 0 aromatic rings. The molecule has 0 heteroatoms. The van der Waals surface area contributed by atoms with Crippen LogP contribution in [0.25, 0.3) is 0 Å².